The van der Waals surface area contributed by atoms with Gasteiger partial charge < -0.3 is 14.1 Å². The minimum absolute atomic E-state index is 0.0327. The smallest absolute Gasteiger partial charge is 0.290 e. The van der Waals surface area contributed by atoms with E-state index in [1.807, 2.05) is 19.1 Å². The highest BCUT2D eigenvalue weighted by Crippen LogP contribution is 2.24. The molecule has 2 heterocycles. The normalized spacial score (nSPS) is 17.5. The maximum atomic E-state index is 13.4. The first-order valence-electron chi connectivity index (χ1n) is 9.94. The molecular formula is C23H23NO6S. The van der Waals surface area contributed by atoms with Crippen LogP contribution in [0.1, 0.15) is 28.1 Å². The molecule has 1 atom stereocenters. The molecule has 0 aliphatic carbocycles. The molecule has 3 aromatic rings. The molecule has 0 unspecified atom stereocenters. The number of carbonyl (C=O) groups is 1. The molecule has 0 radical (unpaired) electrons. The van der Waals surface area contributed by atoms with Gasteiger partial charge in [-0.3, -0.25) is 9.59 Å². The molecule has 1 amide bonds. The highest BCUT2D eigenvalue weighted by Gasteiger charge is 2.36. The lowest BCUT2D eigenvalue weighted by Gasteiger charge is -2.28. The quantitative estimate of drug-likeness (QED) is 0.604. The van der Waals surface area contributed by atoms with E-state index >= 15 is 0 Å². The monoisotopic (exact) mass is 441 g/mol. The molecule has 1 fully saturated rings. The third-order valence-electron chi connectivity index (χ3n) is 5.52. The molecule has 1 aliphatic rings. The van der Waals surface area contributed by atoms with Gasteiger partial charge in [0.1, 0.15) is 11.3 Å². The first-order chi connectivity index (χ1) is 14.8. The molecule has 1 saturated heterocycles. The van der Waals surface area contributed by atoms with Crippen LogP contribution in [0, 0.1) is 6.92 Å². The van der Waals surface area contributed by atoms with E-state index in [-0.39, 0.29) is 29.2 Å². The van der Waals surface area contributed by atoms with Crippen molar-refractivity contribution in [2.24, 2.45) is 0 Å². The van der Waals surface area contributed by atoms with Crippen molar-refractivity contribution in [2.75, 3.05) is 18.6 Å². The Bertz CT molecular complexity index is 1290. The summed E-state index contributed by atoms with van der Waals surface area (Å²) in [6, 6.07) is 13.1. The number of aryl methyl sites for hydroxylation is 1. The molecule has 1 aromatic heterocycles. The minimum Gasteiger partial charge on any atom is -0.497 e. The van der Waals surface area contributed by atoms with Gasteiger partial charge in [-0.2, -0.15) is 0 Å². The molecule has 1 aliphatic heterocycles. The zero-order valence-electron chi connectivity index (χ0n) is 17.3. The number of carbonyl (C=O) groups excluding carboxylic acids is 1. The number of methoxy groups -OCH3 is 1. The van der Waals surface area contributed by atoms with Gasteiger partial charge in [-0.25, -0.2) is 8.42 Å². The third-order valence-corrected chi connectivity index (χ3v) is 7.27. The van der Waals surface area contributed by atoms with Crippen LogP contribution in [0.2, 0.25) is 0 Å². The number of fused-ring (bicyclic) bond motifs is 1. The lowest BCUT2D eigenvalue weighted by Crippen LogP contribution is -2.40. The summed E-state index contributed by atoms with van der Waals surface area (Å²) in [5, 5.41) is 0.396. The highest BCUT2D eigenvalue weighted by molar-refractivity contribution is 7.91. The van der Waals surface area contributed by atoms with Crippen LogP contribution in [-0.2, 0) is 16.4 Å². The lowest BCUT2D eigenvalue weighted by molar-refractivity contribution is 0.0648. The summed E-state index contributed by atoms with van der Waals surface area (Å²) in [7, 11) is -1.65. The van der Waals surface area contributed by atoms with E-state index in [0.29, 0.717) is 23.1 Å². The predicted molar refractivity (Wildman–Crippen MR) is 117 cm³/mol. The van der Waals surface area contributed by atoms with E-state index in [1.165, 1.54) is 11.0 Å². The van der Waals surface area contributed by atoms with Crippen molar-refractivity contribution >= 4 is 26.7 Å². The summed E-state index contributed by atoms with van der Waals surface area (Å²) in [5.41, 5.74) is 1.74. The van der Waals surface area contributed by atoms with Crippen molar-refractivity contribution in [1.82, 2.24) is 4.90 Å². The van der Waals surface area contributed by atoms with Crippen molar-refractivity contribution in [3.05, 3.63) is 75.6 Å². The standard InChI is InChI=1S/C23H23NO6S/c1-15-3-8-19-20(25)12-22(30-21(19)11-15)23(26)24(17-9-10-31(27,28)14-17)13-16-4-6-18(29-2)7-5-16/h3-8,11-12,17H,9-10,13-14H2,1-2H3/t17-/m1/s1. The Morgan fingerprint density at radius 1 is 1.16 bits per heavy atom. The summed E-state index contributed by atoms with van der Waals surface area (Å²) in [6.07, 6.45) is 0.348. The summed E-state index contributed by atoms with van der Waals surface area (Å²) >= 11 is 0. The average Bonchev–Trinajstić information content (AvgIpc) is 3.11. The molecule has 0 bridgehead atoms. The van der Waals surface area contributed by atoms with Gasteiger partial charge in [0.25, 0.3) is 5.91 Å². The van der Waals surface area contributed by atoms with E-state index in [1.54, 1.807) is 37.4 Å². The Balaban J connectivity index is 1.72. The number of hydrogen-bond donors (Lipinski definition) is 0. The van der Waals surface area contributed by atoms with Crippen LogP contribution in [0.3, 0.4) is 0 Å². The van der Waals surface area contributed by atoms with Crippen LogP contribution < -0.4 is 10.2 Å². The highest BCUT2D eigenvalue weighted by atomic mass is 32.2. The van der Waals surface area contributed by atoms with E-state index in [0.717, 1.165) is 11.1 Å². The molecule has 31 heavy (non-hydrogen) atoms. The number of ether oxygens (including phenoxy) is 1. The number of benzene rings is 2. The first-order valence-corrected chi connectivity index (χ1v) is 11.8. The number of hydrogen-bond acceptors (Lipinski definition) is 6. The fourth-order valence-electron chi connectivity index (χ4n) is 3.82. The van der Waals surface area contributed by atoms with Gasteiger partial charge in [-0.05, 0) is 48.7 Å². The first kappa shape index (κ1) is 21.1. The van der Waals surface area contributed by atoms with Crippen LogP contribution in [0.25, 0.3) is 11.0 Å². The van der Waals surface area contributed by atoms with E-state index in [9.17, 15) is 18.0 Å². The third kappa shape index (κ3) is 4.49. The molecule has 4 rings (SSSR count). The maximum absolute atomic E-state index is 13.4. The fourth-order valence-corrected chi connectivity index (χ4v) is 5.56. The Morgan fingerprint density at radius 2 is 1.90 bits per heavy atom. The van der Waals surface area contributed by atoms with Crippen molar-refractivity contribution in [3.63, 3.8) is 0 Å². The largest absolute Gasteiger partial charge is 0.497 e. The van der Waals surface area contributed by atoms with Crippen molar-refractivity contribution in [1.29, 1.82) is 0 Å². The summed E-state index contributed by atoms with van der Waals surface area (Å²) in [5.74, 6) is 0.0109. The van der Waals surface area contributed by atoms with Crippen LogP contribution in [0.4, 0.5) is 0 Å². The van der Waals surface area contributed by atoms with E-state index < -0.39 is 21.8 Å². The SMILES string of the molecule is COc1ccc(CN(C(=O)c2cc(=O)c3ccc(C)cc3o2)[C@@H]2CCS(=O)(=O)C2)cc1. The minimum atomic E-state index is -3.21. The van der Waals surface area contributed by atoms with Crippen LogP contribution in [-0.4, -0.2) is 43.9 Å². The summed E-state index contributed by atoms with van der Waals surface area (Å²) < 4.78 is 35.1. The van der Waals surface area contributed by atoms with Gasteiger partial charge in [-0.15, -0.1) is 0 Å². The Hall–Kier alpha value is -3.13. The van der Waals surface area contributed by atoms with Crippen LogP contribution in [0.15, 0.2) is 57.7 Å². The summed E-state index contributed by atoms with van der Waals surface area (Å²) in [6.45, 7) is 2.06. The molecule has 162 valence electrons. The number of amides is 1. The number of rotatable bonds is 5. The molecule has 7 nitrogen and oxygen atoms in total. The number of nitrogens with zero attached hydrogens (tertiary/aromatic N) is 1. The van der Waals surface area contributed by atoms with E-state index in [4.69, 9.17) is 9.15 Å². The molecule has 0 spiro atoms. The maximum Gasteiger partial charge on any atom is 0.290 e. The van der Waals surface area contributed by atoms with Crippen molar-refractivity contribution in [3.8, 4) is 5.75 Å². The molecule has 8 heteroatoms. The van der Waals surface area contributed by atoms with Gasteiger partial charge in [0.05, 0.1) is 24.0 Å². The van der Waals surface area contributed by atoms with Gasteiger partial charge in [0.15, 0.2) is 21.0 Å². The van der Waals surface area contributed by atoms with Crippen molar-refractivity contribution in [2.45, 2.75) is 25.9 Å². The topological polar surface area (TPSA) is 93.9 Å². The van der Waals surface area contributed by atoms with Gasteiger partial charge >= 0.3 is 0 Å². The number of sulfone groups is 1. The fraction of sp³-hybridized carbons (Fsp3) is 0.304. The van der Waals surface area contributed by atoms with Gasteiger partial charge in [0, 0.05) is 18.7 Å². The van der Waals surface area contributed by atoms with Gasteiger partial charge in [-0.1, -0.05) is 18.2 Å². The van der Waals surface area contributed by atoms with E-state index in [2.05, 4.69) is 0 Å². The Labute approximate surface area is 180 Å². The molecule has 0 saturated carbocycles. The summed E-state index contributed by atoms with van der Waals surface area (Å²) in [4.78, 5) is 27.5. The second-order valence-electron chi connectivity index (χ2n) is 7.81. The molecular weight excluding hydrogens is 418 g/mol. The Kier molecular flexibility index (Phi) is 5.58. The second-order valence-corrected chi connectivity index (χ2v) is 10.0. The lowest BCUT2D eigenvalue weighted by atomic mass is 10.1. The molecule has 2 aromatic carbocycles. The van der Waals surface area contributed by atoms with Crippen molar-refractivity contribution < 1.29 is 22.4 Å². The van der Waals surface area contributed by atoms with Gasteiger partial charge in [0.2, 0.25) is 0 Å². The zero-order chi connectivity index (χ0) is 22.2. The Morgan fingerprint density at radius 3 is 2.55 bits per heavy atom. The molecule has 0 N–H and O–H groups in total. The average molecular weight is 442 g/mol. The zero-order valence-corrected chi connectivity index (χ0v) is 18.1. The predicted octanol–water partition coefficient (Wildman–Crippen LogP) is 2.94. The van der Waals surface area contributed by atoms with Crippen LogP contribution in [0.5, 0.6) is 5.75 Å². The second kappa shape index (κ2) is 8.19. The van der Waals surface area contributed by atoms with Crippen LogP contribution >= 0.6 is 0 Å².